The lowest BCUT2D eigenvalue weighted by molar-refractivity contribution is 0.350. The third-order valence-electron chi connectivity index (χ3n) is 2.95. The molecule has 0 fully saturated rings. The number of allylic oxidation sites excluding steroid dienone is 4. The van der Waals surface area contributed by atoms with Gasteiger partial charge in [0.25, 0.3) is 0 Å². The Hall–Kier alpha value is -0.820. The summed E-state index contributed by atoms with van der Waals surface area (Å²) in [6.07, 6.45) is 10.7. The molecule has 1 heteroatoms. The van der Waals surface area contributed by atoms with E-state index in [2.05, 4.69) is 46.4 Å². The van der Waals surface area contributed by atoms with Crippen LogP contribution >= 0.6 is 0 Å². The molecule has 1 nitrogen and oxygen atoms in total. The first-order chi connectivity index (χ1) is 7.45. The molecule has 92 valence electrons. The van der Waals surface area contributed by atoms with Gasteiger partial charge in [-0.2, -0.15) is 0 Å². The Morgan fingerprint density at radius 1 is 1.44 bits per heavy atom. The van der Waals surface area contributed by atoms with Crippen LogP contribution in [0.1, 0.15) is 40.5 Å². The zero-order chi connectivity index (χ0) is 12.6. The highest BCUT2D eigenvalue weighted by Gasteiger charge is 2.16. The molecule has 0 aliphatic carbocycles. The van der Waals surface area contributed by atoms with Crippen LogP contribution in [0.2, 0.25) is 0 Å². The van der Waals surface area contributed by atoms with Gasteiger partial charge < -0.3 is 5.73 Å². The maximum Gasteiger partial charge on any atom is 0.0107 e. The molecule has 1 atom stereocenters. The van der Waals surface area contributed by atoms with Gasteiger partial charge >= 0.3 is 0 Å². The highest BCUT2D eigenvalue weighted by atomic mass is 14.5. The monoisotopic (exact) mass is 221 g/mol. The van der Waals surface area contributed by atoms with Crippen LogP contribution in [0.3, 0.4) is 0 Å². The van der Waals surface area contributed by atoms with Gasteiger partial charge in [-0.1, -0.05) is 70.6 Å². The molecule has 0 aliphatic rings. The van der Waals surface area contributed by atoms with Gasteiger partial charge in [-0.3, -0.25) is 0 Å². The first-order valence-corrected chi connectivity index (χ1v) is 6.15. The number of hydrogen-bond donors (Lipinski definition) is 1. The van der Waals surface area contributed by atoms with E-state index in [1.807, 2.05) is 12.2 Å². The Morgan fingerprint density at radius 2 is 2.06 bits per heavy atom. The fourth-order valence-corrected chi connectivity index (χ4v) is 1.56. The summed E-state index contributed by atoms with van der Waals surface area (Å²) in [5, 5.41) is 0. The van der Waals surface area contributed by atoms with E-state index < -0.39 is 0 Å². The fraction of sp³-hybridized carbons (Fsp3) is 0.600. The van der Waals surface area contributed by atoms with Crippen molar-refractivity contribution in [2.75, 3.05) is 6.54 Å². The smallest absolute Gasteiger partial charge is 0.0107 e. The average Bonchev–Trinajstić information content (AvgIpc) is 2.25. The first-order valence-electron chi connectivity index (χ1n) is 6.15. The summed E-state index contributed by atoms with van der Waals surface area (Å²) in [5.74, 6) is 0.434. The fourth-order valence-electron chi connectivity index (χ4n) is 1.56. The van der Waals surface area contributed by atoms with Gasteiger partial charge in [-0.05, 0) is 17.8 Å². The average molecular weight is 221 g/mol. The maximum atomic E-state index is 5.44. The molecule has 0 amide bonds. The van der Waals surface area contributed by atoms with Crippen molar-refractivity contribution in [1.82, 2.24) is 0 Å². The Balaban J connectivity index is 4.54. The predicted octanol–water partition coefficient (Wildman–Crippen LogP) is 4.08. The first kappa shape index (κ1) is 15.2. The lowest BCUT2D eigenvalue weighted by Crippen LogP contribution is -2.10. The highest BCUT2D eigenvalue weighted by Crippen LogP contribution is 2.29. The van der Waals surface area contributed by atoms with Crippen molar-refractivity contribution in [3.05, 3.63) is 36.5 Å². The van der Waals surface area contributed by atoms with Crippen molar-refractivity contribution >= 4 is 0 Å². The number of hydrogen-bond acceptors (Lipinski definition) is 1. The zero-order valence-corrected chi connectivity index (χ0v) is 11.3. The van der Waals surface area contributed by atoms with Crippen molar-refractivity contribution in [2.45, 2.75) is 40.5 Å². The third-order valence-corrected chi connectivity index (χ3v) is 2.95. The number of rotatable bonds is 7. The molecular formula is C15H27N. The summed E-state index contributed by atoms with van der Waals surface area (Å²) in [5.41, 5.74) is 7.13. The lowest BCUT2D eigenvalue weighted by Gasteiger charge is -2.23. The zero-order valence-electron chi connectivity index (χ0n) is 11.3. The summed E-state index contributed by atoms with van der Waals surface area (Å²) in [7, 11) is 0. The summed E-state index contributed by atoms with van der Waals surface area (Å²) in [4.78, 5) is 0. The number of nitrogens with two attached hydrogens (primary N) is 1. The molecule has 0 spiro atoms. The van der Waals surface area contributed by atoms with Crippen molar-refractivity contribution in [2.24, 2.45) is 17.1 Å². The molecule has 0 radical (unpaired) electrons. The van der Waals surface area contributed by atoms with E-state index >= 15 is 0 Å². The molecule has 2 N–H and O–H groups in total. The second kappa shape index (κ2) is 7.45. The third kappa shape index (κ3) is 6.62. The summed E-state index contributed by atoms with van der Waals surface area (Å²) in [6.45, 7) is 13.5. The largest absolute Gasteiger partial charge is 0.327 e. The van der Waals surface area contributed by atoms with Crippen LogP contribution in [0.15, 0.2) is 36.5 Å². The van der Waals surface area contributed by atoms with E-state index in [-0.39, 0.29) is 0 Å². The molecule has 0 aromatic rings. The van der Waals surface area contributed by atoms with Crippen molar-refractivity contribution in [1.29, 1.82) is 0 Å². The molecule has 0 saturated heterocycles. The van der Waals surface area contributed by atoms with Gasteiger partial charge in [0.05, 0.1) is 0 Å². The topological polar surface area (TPSA) is 26.0 Å². The van der Waals surface area contributed by atoms with E-state index in [0.717, 1.165) is 6.42 Å². The quantitative estimate of drug-likeness (QED) is 0.509. The van der Waals surface area contributed by atoms with Gasteiger partial charge in [-0.25, -0.2) is 0 Å². The molecule has 0 aromatic heterocycles. The molecule has 0 rings (SSSR count). The standard InChI is InChI=1S/C15H27N/c1-6-14(12-15(4,5)7-2)11-13(3)9-8-10-16/h6,8-9,11,13H,1,7,10,12,16H2,2-5H3/b9-8-,14-11+. The van der Waals surface area contributed by atoms with E-state index in [9.17, 15) is 0 Å². The molecule has 16 heavy (non-hydrogen) atoms. The van der Waals surface area contributed by atoms with Gasteiger partial charge in [-0.15, -0.1) is 0 Å². The minimum atomic E-state index is 0.358. The second-order valence-electron chi connectivity index (χ2n) is 5.16. The SMILES string of the molecule is C=C/C(=C\C(C)/C=C\CN)CC(C)(C)CC. The minimum Gasteiger partial charge on any atom is -0.327 e. The van der Waals surface area contributed by atoms with Crippen molar-refractivity contribution < 1.29 is 0 Å². The van der Waals surface area contributed by atoms with E-state index in [4.69, 9.17) is 5.73 Å². The Bertz CT molecular complexity index is 259. The van der Waals surface area contributed by atoms with Gasteiger partial charge in [0.1, 0.15) is 0 Å². The molecule has 0 aliphatic heterocycles. The molecule has 0 saturated carbocycles. The highest BCUT2D eigenvalue weighted by molar-refractivity contribution is 5.20. The van der Waals surface area contributed by atoms with Crippen LogP contribution in [0.25, 0.3) is 0 Å². The summed E-state index contributed by atoms with van der Waals surface area (Å²) < 4.78 is 0. The van der Waals surface area contributed by atoms with Crippen molar-refractivity contribution in [3.8, 4) is 0 Å². The van der Waals surface area contributed by atoms with Crippen LogP contribution < -0.4 is 5.73 Å². The molecule has 0 bridgehead atoms. The minimum absolute atomic E-state index is 0.358. The van der Waals surface area contributed by atoms with Gasteiger partial charge in [0.15, 0.2) is 0 Å². The Labute approximate surface area is 101 Å². The van der Waals surface area contributed by atoms with Crippen LogP contribution in [-0.2, 0) is 0 Å². The maximum absolute atomic E-state index is 5.44. The van der Waals surface area contributed by atoms with Gasteiger partial charge in [0.2, 0.25) is 0 Å². The molecule has 0 heterocycles. The summed E-state index contributed by atoms with van der Waals surface area (Å²) >= 11 is 0. The van der Waals surface area contributed by atoms with Crippen LogP contribution in [0, 0.1) is 11.3 Å². The Morgan fingerprint density at radius 3 is 2.50 bits per heavy atom. The van der Waals surface area contributed by atoms with E-state index in [1.54, 1.807) is 0 Å². The predicted molar refractivity (Wildman–Crippen MR) is 74.3 cm³/mol. The van der Waals surface area contributed by atoms with Crippen molar-refractivity contribution in [3.63, 3.8) is 0 Å². The molecule has 1 unspecified atom stereocenters. The van der Waals surface area contributed by atoms with E-state index in [0.29, 0.717) is 17.9 Å². The van der Waals surface area contributed by atoms with Crippen LogP contribution in [0.5, 0.6) is 0 Å². The lowest BCUT2D eigenvalue weighted by atomic mass is 9.82. The summed E-state index contributed by atoms with van der Waals surface area (Å²) in [6, 6.07) is 0. The van der Waals surface area contributed by atoms with Crippen LogP contribution in [-0.4, -0.2) is 6.54 Å². The van der Waals surface area contributed by atoms with Crippen LogP contribution in [0.4, 0.5) is 0 Å². The van der Waals surface area contributed by atoms with E-state index in [1.165, 1.54) is 12.0 Å². The Kier molecular flexibility index (Phi) is 7.07. The second-order valence-corrected chi connectivity index (χ2v) is 5.16. The normalized spacial score (nSPS) is 15.4. The molecular weight excluding hydrogens is 194 g/mol. The molecule has 0 aromatic carbocycles. The van der Waals surface area contributed by atoms with Gasteiger partial charge in [0, 0.05) is 6.54 Å².